The van der Waals surface area contributed by atoms with E-state index in [-0.39, 0.29) is 24.8 Å². The molecule has 0 aliphatic heterocycles. The number of halogens is 1. The number of aromatic nitrogens is 2. The SMILES string of the molecule is CC[C@@](CCn1cnc2cc(-c3ccccc3)c(F)cc2c1=O)(C(=O)NO)S(C)(=O)=O. The fraction of sp³-hybridized carbons (Fsp3) is 0.286. The first-order chi connectivity index (χ1) is 14.6. The second-order valence-electron chi connectivity index (χ2n) is 7.27. The number of benzene rings is 2. The van der Waals surface area contributed by atoms with Crippen LogP contribution in [0.1, 0.15) is 19.8 Å². The van der Waals surface area contributed by atoms with Crippen molar-refractivity contribution in [3.63, 3.8) is 0 Å². The number of hydrogen-bond acceptors (Lipinski definition) is 6. The highest BCUT2D eigenvalue weighted by atomic mass is 32.2. The summed E-state index contributed by atoms with van der Waals surface area (Å²) in [5, 5.41) is 9.06. The number of carbonyl (C=O) groups is 1. The molecule has 1 heterocycles. The highest BCUT2D eigenvalue weighted by Gasteiger charge is 2.46. The average Bonchev–Trinajstić information content (AvgIpc) is 2.75. The monoisotopic (exact) mass is 447 g/mol. The topological polar surface area (TPSA) is 118 Å². The summed E-state index contributed by atoms with van der Waals surface area (Å²) >= 11 is 0. The molecule has 31 heavy (non-hydrogen) atoms. The lowest BCUT2D eigenvalue weighted by molar-refractivity contribution is -0.132. The number of hydroxylamine groups is 1. The van der Waals surface area contributed by atoms with Crippen molar-refractivity contribution in [3.8, 4) is 11.1 Å². The van der Waals surface area contributed by atoms with Gasteiger partial charge in [-0.25, -0.2) is 23.3 Å². The van der Waals surface area contributed by atoms with E-state index in [0.29, 0.717) is 16.6 Å². The van der Waals surface area contributed by atoms with Crippen molar-refractivity contribution in [2.24, 2.45) is 0 Å². The number of hydrogen-bond donors (Lipinski definition) is 2. The van der Waals surface area contributed by atoms with Gasteiger partial charge in [-0.05, 0) is 30.5 Å². The second kappa shape index (κ2) is 8.56. The predicted octanol–water partition coefficient (Wildman–Crippen LogP) is 2.29. The molecule has 0 saturated carbocycles. The molecular formula is C21H22FN3O5S. The number of amides is 1. The standard InChI is InChI=1S/C21H22FN3O5S/c1-3-21(20(27)24-28,31(2,29)30)9-10-25-13-23-18-12-15(14-7-5-4-6-8-14)17(22)11-16(18)19(25)26/h4-8,11-13,28H,3,9-10H2,1-2H3,(H,24,27)/t21-/m1/s1. The Kier molecular flexibility index (Phi) is 6.23. The number of fused-ring (bicyclic) bond motifs is 1. The maximum Gasteiger partial charge on any atom is 0.264 e. The maximum atomic E-state index is 14.7. The Morgan fingerprint density at radius 3 is 2.52 bits per heavy atom. The third-order valence-corrected chi connectivity index (χ3v) is 7.65. The van der Waals surface area contributed by atoms with E-state index >= 15 is 0 Å². The Balaban J connectivity index is 2.02. The van der Waals surface area contributed by atoms with Gasteiger partial charge in [0, 0.05) is 18.4 Å². The van der Waals surface area contributed by atoms with Crippen molar-refractivity contribution in [2.75, 3.05) is 6.26 Å². The summed E-state index contributed by atoms with van der Waals surface area (Å²) in [7, 11) is -3.92. The van der Waals surface area contributed by atoms with Crippen LogP contribution in [0.4, 0.5) is 4.39 Å². The number of sulfone groups is 1. The zero-order chi connectivity index (χ0) is 22.8. The van der Waals surface area contributed by atoms with Crippen LogP contribution >= 0.6 is 0 Å². The minimum absolute atomic E-state index is 0.0349. The minimum atomic E-state index is -3.92. The van der Waals surface area contributed by atoms with Gasteiger partial charge in [0.2, 0.25) is 0 Å². The molecule has 0 unspecified atom stereocenters. The first-order valence-corrected chi connectivity index (χ1v) is 11.4. The normalized spacial score (nSPS) is 13.7. The van der Waals surface area contributed by atoms with E-state index in [4.69, 9.17) is 5.21 Å². The van der Waals surface area contributed by atoms with Gasteiger partial charge in [-0.1, -0.05) is 37.3 Å². The van der Waals surface area contributed by atoms with Crippen LogP contribution in [0.2, 0.25) is 0 Å². The largest absolute Gasteiger partial charge is 0.299 e. The van der Waals surface area contributed by atoms with E-state index in [0.717, 1.165) is 16.9 Å². The third-order valence-electron chi connectivity index (χ3n) is 5.55. The van der Waals surface area contributed by atoms with Gasteiger partial charge in [0.1, 0.15) is 5.82 Å². The first-order valence-electron chi connectivity index (χ1n) is 9.53. The molecule has 1 aromatic heterocycles. The highest BCUT2D eigenvalue weighted by Crippen LogP contribution is 2.28. The van der Waals surface area contributed by atoms with Gasteiger partial charge >= 0.3 is 0 Å². The molecule has 1 amide bonds. The Bertz CT molecular complexity index is 1290. The van der Waals surface area contributed by atoms with E-state index in [1.807, 2.05) is 6.07 Å². The number of rotatable bonds is 7. The molecule has 3 rings (SSSR count). The molecular weight excluding hydrogens is 425 g/mol. The molecule has 164 valence electrons. The summed E-state index contributed by atoms with van der Waals surface area (Å²) in [5.41, 5.74) is 2.08. The van der Waals surface area contributed by atoms with Gasteiger partial charge in [0.25, 0.3) is 11.5 Å². The predicted molar refractivity (Wildman–Crippen MR) is 114 cm³/mol. The summed E-state index contributed by atoms with van der Waals surface area (Å²) in [6.45, 7) is 1.33. The van der Waals surface area contributed by atoms with Crippen molar-refractivity contribution in [2.45, 2.75) is 31.1 Å². The molecule has 1 atom stereocenters. The van der Waals surface area contributed by atoms with Crippen LogP contribution in [-0.4, -0.2) is 40.1 Å². The first kappa shape index (κ1) is 22.6. The van der Waals surface area contributed by atoms with E-state index in [1.165, 1.54) is 24.8 Å². The van der Waals surface area contributed by atoms with Crippen LogP contribution in [-0.2, 0) is 21.2 Å². The summed E-state index contributed by atoms with van der Waals surface area (Å²) in [6, 6.07) is 11.4. The zero-order valence-electron chi connectivity index (χ0n) is 17.0. The molecule has 2 N–H and O–H groups in total. The molecule has 3 aromatic rings. The molecule has 0 spiro atoms. The van der Waals surface area contributed by atoms with Gasteiger partial charge in [-0.2, -0.15) is 0 Å². The molecule has 0 saturated heterocycles. The summed E-state index contributed by atoms with van der Waals surface area (Å²) < 4.78 is 38.5. The molecule has 8 nitrogen and oxygen atoms in total. The van der Waals surface area contributed by atoms with Crippen LogP contribution < -0.4 is 11.0 Å². The van der Waals surface area contributed by atoms with Crippen molar-refractivity contribution in [1.82, 2.24) is 15.0 Å². The molecule has 0 bridgehead atoms. The molecule has 10 heteroatoms. The molecule has 2 aromatic carbocycles. The Morgan fingerprint density at radius 1 is 1.26 bits per heavy atom. The Labute approximate surface area is 178 Å². The number of nitrogens with one attached hydrogen (secondary N) is 1. The van der Waals surface area contributed by atoms with E-state index in [2.05, 4.69) is 4.98 Å². The van der Waals surface area contributed by atoms with Crippen molar-refractivity contribution < 1.29 is 22.8 Å². The molecule has 0 radical (unpaired) electrons. The van der Waals surface area contributed by atoms with Crippen molar-refractivity contribution in [1.29, 1.82) is 0 Å². The zero-order valence-corrected chi connectivity index (χ0v) is 17.8. The minimum Gasteiger partial charge on any atom is -0.299 e. The fourth-order valence-electron chi connectivity index (χ4n) is 3.65. The number of aryl methyl sites for hydroxylation is 1. The van der Waals surface area contributed by atoms with Crippen LogP contribution in [0.3, 0.4) is 0 Å². The van der Waals surface area contributed by atoms with Crippen molar-refractivity contribution in [3.05, 3.63) is 65.0 Å². The number of carbonyl (C=O) groups excluding carboxylic acids is 1. The van der Waals surface area contributed by atoms with Gasteiger partial charge < -0.3 is 0 Å². The van der Waals surface area contributed by atoms with E-state index < -0.39 is 31.9 Å². The number of nitrogens with zero attached hydrogens (tertiary/aromatic N) is 2. The summed E-state index contributed by atoms with van der Waals surface area (Å²) in [5.74, 6) is -1.66. The lowest BCUT2D eigenvalue weighted by Gasteiger charge is -2.28. The summed E-state index contributed by atoms with van der Waals surface area (Å²) in [6.07, 6.45) is 1.75. The molecule has 0 aliphatic rings. The van der Waals surface area contributed by atoms with Crippen LogP contribution in [0.25, 0.3) is 22.0 Å². The van der Waals surface area contributed by atoms with Gasteiger partial charge in [0.15, 0.2) is 14.6 Å². The second-order valence-corrected chi connectivity index (χ2v) is 9.60. The quantitative estimate of drug-likeness (QED) is 0.424. The Hall–Kier alpha value is -3.11. The average molecular weight is 447 g/mol. The van der Waals surface area contributed by atoms with E-state index in [1.54, 1.807) is 24.3 Å². The van der Waals surface area contributed by atoms with Crippen LogP contribution in [0.15, 0.2) is 53.6 Å². The van der Waals surface area contributed by atoms with E-state index in [9.17, 15) is 22.4 Å². The summed E-state index contributed by atoms with van der Waals surface area (Å²) in [4.78, 5) is 29.3. The Morgan fingerprint density at radius 2 is 1.94 bits per heavy atom. The molecule has 0 fully saturated rings. The van der Waals surface area contributed by atoms with Crippen LogP contribution in [0.5, 0.6) is 0 Å². The lowest BCUT2D eigenvalue weighted by Crippen LogP contribution is -2.51. The maximum absolute atomic E-state index is 14.7. The van der Waals surface area contributed by atoms with Gasteiger partial charge in [-0.15, -0.1) is 0 Å². The smallest absolute Gasteiger partial charge is 0.264 e. The van der Waals surface area contributed by atoms with Crippen molar-refractivity contribution >= 4 is 26.6 Å². The third kappa shape index (κ3) is 4.08. The fourth-order valence-corrected chi connectivity index (χ4v) is 5.02. The highest BCUT2D eigenvalue weighted by molar-refractivity contribution is 7.92. The van der Waals surface area contributed by atoms with Gasteiger partial charge in [0.05, 0.1) is 17.2 Å². The van der Waals surface area contributed by atoms with Crippen LogP contribution in [0, 0.1) is 5.82 Å². The van der Waals surface area contributed by atoms with Gasteiger partial charge in [-0.3, -0.25) is 19.4 Å². The molecule has 0 aliphatic carbocycles. The lowest BCUT2D eigenvalue weighted by atomic mass is 10.00.